The van der Waals surface area contributed by atoms with Gasteiger partial charge in [-0.1, -0.05) is 0 Å². The molecule has 2 heterocycles. The Balaban J connectivity index is 2.28. The van der Waals surface area contributed by atoms with Crippen LogP contribution in [0.3, 0.4) is 0 Å². The number of rotatable bonds is 3. The highest BCUT2D eigenvalue weighted by molar-refractivity contribution is 6.08. The van der Waals surface area contributed by atoms with Gasteiger partial charge < -0.3 is 10.4 Å². The van der Waals surface area contributed by atoms with E-state index < -0.39 is 17.4 Å². The lowest BCUT2D eigenvalue weighted by molar-refractivity contribution is 0.0691. The number of amides is 1. The summed E-state index contributed by atoms with van der Waals surface area (Å²) in [5, 5.41) is 17.0. The molecule has 0 atom stereocenters. The molecular weight excluding hydrogens is 252 g/mol. The van der Waals surface area contributed by atoms with Crippen molar-refractivity contribution in [3.8, 4) is 0 Å². The molecule has 0 fully saturated rings. The zero-order valence-electron chi connectivity index (χ0n) is 9.45. The Morgan fingerprint density at radius 3 is 2.68 bits per heavy atom. The number of nitrogens with one attached hydrogen (secondary N) is 2. The number of hydrogen-bond donors (Lipinski definition) is 3. The Hall–Kier alpha value is -3.03. The normalized spacial score (nSPS) is 9.89. The Bertz CT molecular complexity index is 675. The molecule has 0 spiro atoms. The Morgan fingerprint density at radius 1 is 1.26 bits per heavy atom. The molecule has 0 aliphatic heterocycles. The first-order valence-electron chi connectivity index (χ1n) is 5.13. The second-order valence-electron chi connectivity index (χ2n) is 3.47. The minimum Gasteiger partial charge on any atom is -0.478 e. The van der Waals surface area contributed by atoms with Crippen molar-refractivity contribution in [2.45, 2.75) is 0 Å². The number of nitrogens with zero attached hydrogens (tertiary/aromatic N) is 2. The van der Waals surface area contributed by atoms with E-state index in [9.17, 15) is 14.4 Å². The number of carbonyl (C=O) groups is 2. The van der Waals surface area contributed by atoms with Crippen LogP contribution in [0.2, 0.25) is 0 Å². The predicted octanol–water partition coefficient (Wildman–Crippen LogP) is 0.115. The van der Waals surface area contributed by atoms with Gasteiger partial charge in [0.2, 0.25) is 0 Å². The number of carbonyl (C=O) groups excluding carboxylic acids is 1. The molecule has 0 aromatic carbocycles. The van der Waals surface area contributed by atoms with Gasteiger partial charge in [0.1, 0.15) is 5.69 Å². The molecular formula is C11H8N4O4. The topological polar surface area (TPSA) is 125 Å². The highest BCUT2D eigenvalue weighted by Gasteiger charge is 2.17. The number of anilines is 1. The van der Waals surface area contributed by atoms with Gasteiger partial charge in [0.15, 0.2) is 5.82 Å². The van der Waals surface area contributed by atoms with Crippen LogP contribution in [0.15, 0.2) is 35.3 Å². The van der Waals surface area contributed by atoms with Crippen LogP contribution in [-0.4, -0.2) is 32.2 Å². The lowest BCUT2D eigenvalue weighted by Gasteiger charge is -2.05. The number of aromatic nitrogens is 3. The van der Waals surface area contributed by atoms with E-state index in [1.807, 2.05) is 0 Å². The van der Waals surface area contributed by atoms with Crippen molar-refractivity contribution >= 4 is 17.7 Å². The van der Waals surface area contributed by atoms with Crippen LogP contribution in [0.25, 0.3) is 0 Å². The maximum Gasteiger partial charge on any atom is 0.338 e. The molecule has 0 aliphatic carbocycles. The summed E-state index contributed by atoms with van der Waals surface area (Å²) in [5.41, 5.74) is -0.866. The molecule has 2 aromatic rings. The molecule has 0 aliphatic rings. The van der Waals surface area contributed by atoms with Crippen LogP contribution in [0.1, 0.15) is 20.8 Å². The summed E-state index contributed by atoms with van der Waals surface area (Å²) in [7, 11) is 0. The zero-order chi connectivity index (χ0) is 13.8. The monoisotopic (exact) mass is 260 g/mol. The van der Waals surface area contributed by atoms with E-state index in [1.54, 1.807) is 0 Å². The second kappa shape index (κ2) is 5.08. The fourth-order valence-electron chi connectivity index (χ4n) is 1.35. The van der Waals surface area contributed by atoms with Crippen LogP contribution in [0.4, 0.5) is 5.82 Å². The minimum atomic E-state index is -1.26. The zero-order valence-corrected chi connectivity index (χ0v) is 9.45. The molecule has 8 heteroatoms. The summed E-state index contributed by atoms with van der Waals surface area (Å²) in [6.07, 6.45) is 1.31. The summed E-state index contributed by atoms with van der Waals surface area (Å²) in [4.78, 5) is 37.3. The lowest BCUT2D eigenvalue weighted by atomic mass is 10.2. The fraction of sp³-hybridized carbons (Fsp3) is 0. The highest BCUT2D eigenvalue weighted by Crippen LogP contribution is 2.08. The van der Waals surface area contributed by atoms with E-state index >= 15 is 0 Å². The van der Waals surface area contributed by atoms with E-state index in [-0.39, 0.29) is 17.1 Å². The minimum absolute atomic E-state index is 0.0894. The first kappa shape index (κ1) is 12.4. The smallest absolute Gasteiger partial charge is 0.338 e. The van der Waals surface area contributed by atoms with Gasteiger partial charge in [0.25, 0.3) is 11.5 Å². The van der Waals surface area contributed by atoms with Crippen LogP contribution >= 0.6 is 0 Å². The fourth-order valence-corrected chi connectivity index (χ4v) is 1.35. The predicted molar refractivity (Wildman–Crippen MR) is 64.0 cm³/mol. The number of pyridine rings is 1. The summed E-state index contributed by atoms with van der Waals surface area (Å²) in [5.74, 6) is -1.89. The van der Waals surface area contributed by atoms with E-state index in [0.717, 1.165) is 0 Å². The van der Waals surface area contributed by atoms with E-state index in [2.05, 4.69) is 20.5 Å². The maximum absolute atomic E-state index is 11.9. The molecule has 0 unspecified atom stereocenters. The average molecular weight is 260 g/mol. The number of hydrogen-bond acceptors (Lipinski definition) is 5. The molecule has 19 heavy (non-hydrogen) atoms. The highest BCUT2D eigenvalue weighted by atomic mass is 16.4. The lowest BCUT2D eigenvalue weighted by Crippen LogP contribution is -2.20. The molecule has 1 amide bonds. The molecule has 2 aromatic heterocycles. The van der Waals surface area contributed by atoms with E-state index in [4.69, 9.17) is 5.11 Å². The van der Waals surface area contributed by atoms with Crippen molar-refractivity contribution in [3.05, 3.63) is 52.1 Å². The first-order valence-corrected chi connectivity index (χ1v) is 5.13. The van der Waals surface area contributed by atoms with Crippen LogP contribution in [0.5, 0.6) is 0 Å². The van der Waals surface area contributed by atoms with Gasteiger partial charge >= 0.3 is 5.97 Å². The van der Waals surface area contributed by atoms with Crippen molar-refractivity contribution < 1.29 is 14.7 Å². The third kappa shape index (κ3) is 2.80. The van der Waals surface area contributed by atoms with Gasteiger partial charge in [-0.15, -0.1) is 0 Å². The second-order valence-corrected chi connectivity index (χ2v) is 3.47. The summed E-state index contributed by atoms with van der Waals surface area (Å²) < 4.78 is 0. The molecule has 0 bridgehead atoms. The van der Waals surface area contributed by atoms with Gasteiger partial charge in [0, 0.05) is 12.3 Å². The van der Waals surface area contributed by atoms with Gasteiger partial charge in [-0.25, -0.2) is 9.89 Å². The molecule has 0 saturated heterocycles. The third-order valence-electron chi connectivity index (χ3n) is 2.17. The van der Waals surface area contributed by atoms with Crippen molar-refractivity contribution in [2.24, 2.45) is 0 Å². The molecule has 0 radical (unpaired) electrons. The van der Waals surface area contributed by atoms with Crippen LogP contribution in [0, 0.1) is 0 Å². The van der Waals surface area contributed by atoms with Crippen molar-refractivity contribution in [2.75, 3.05) is 5.32 Å². The largest absolute Gasteiger partial charge is 0.478 e. The van der Waals surface area contributed by atoms with Gasteiger partial charge in [-0.05, 0) is 18.2 Å². The van der Waals surface area contributed by atoms with Crippen molar-refractivity contribution in [1.82, 2.24) is 15.2 Å². The molecule has 8 nitrogen and oxygen atoms in total. The van der Waals surface area contributed by atoms with Crippen molar-refractivity contribution in [3.63, 3.8) is 0 Å². The maximum atomic E-state index is 11.9. The van der Waals surface area contributed by atoms with Crippen molar-refractivity contribution in [1.29, 1.82) is 0 Å². The number of aromatic amines is 1. The molecule has 96 valence electrons. The van der Waals surface area contributed by atoms with Gasteiger partial charge in [0.05, 0.1) is 5.56 Å². The Labute approximate surface area is 106 Å². The molecule has 0 saturated carbocycles. The number of carboxylic acid groups (broad SMARTS) is 1. The van der Waals surface area contributed by atoms with Gasteiger partial charge in [-0.2, -0.15) is 5.10 Å². The average Bonchev–Trinajstić information content (AvgIpc) is 2.41. The first-order chi connectivity index (χ1) is 9.08. The number of carboxylic acids is 1. The molecule has 3 N–H and O–H groups in total. The third-order valence-corrected chi connectivity index (χ3v) is 2.17. The quantitative estimate of drug-likeness (QED) is 0.719. The number of H-pyrrole nitrogens is 1. The Kier molecular flexibility index (Phi) is 3.33. The van der Waals surface area contributed by atoms with E-state index in [0.29, 0.717) is 0 Å². The summed E-state index contributed by atoms with van der Waals surface area (Å²) >= 11 is 0. The van der Waals surface area contributed by atoms with Crippen LogP contribution < -0.4 is 10.9 Å². The van der Waals surface area contributed by atoms with Crippen LogP contribution in [-0.2, 0) is 0 Å². The standard InChI is InChI=1S/C11H8N4O4/c16-8-4-3-7(14-15-8)13-10(17)9-6(11(18)19)2-1-5-12-9/h1-5H,(H,15,16)(H,18,19)(H,13,14,17). The summed E-state index contributed by atoms with van der Waals surface area (Å²) in [6.45, 7) is 0. The Morgan fingerprint density at radius 2 is 2.05 bits per heavy atom. The number of aromatic carboxylic acids is 1. The van der Waals surface area contributed by atoms with Gasteiger partial charge in [-0.3, -0.25) is 14.6 Å². The SMILES string of the molecule is O=C(O)c1cccnc1C(=O)Nc1ccc(=O)[nH]n1. The van der Waals surface area contributed by atoms with E-state index in [1.165, 1.54) is 30.5 Å². The summed E-state index contributed by atoms with van der Waals surface area (Å²) in [6, 6.07) is 5.16. The molecule has 2 rings (SSSR count).